The van der Waals surface area contributed by atoms with Crippen LogP contribution in [0.1, 0.15) is 22.3 Å². The molecule has 300 valence electrons. The van der Waals surface area contributed by atoms with Gasteiger partial charge in [-0.05, 0) is 99.6 Å². The van der Waals surface area contributed by atoms with Gasteiger partial charge in [-0.3, -0.25) is 0 Å². The van der Waals surface area contributed by atoms with Crippen molar-refractivity contribution in [3.05, 3.63) is 265 Å². The van der Waals surface area contributed by atoms with E-state index in [0.29, 0.717) is 0 Å². The monoisotopic (exact) mass is 816 g/mol. The first-order valence-electron chi connectivity index (χ1n) is 22.0. The highest BCUT2D eigenvalue weighted by Gasteiger charge is 2.52. The normalized spacial score (nSPS) is 14.4. The minimum absolute atomic E-state index is 0.688. The van der Waals surface area contributed by atoms with Crippen LogP contribution in [0.5, 0.6) is 11.5 Å². The van der Waals surface area contributed by atoms with Crippen LogP contribution in [0.4, 0.5) is 17.1 Å². The van der Waals surface area contributed by atoms with E-state index < -0.39 is 5.41 Å². The third-order valence-corrected chi connectivity index (χ3v) is 13.4. The second-order valence-electron chi connectivity index (χ2n) is 16.8. The van der Waals surface area contributed by atoms with Gasteiger partial charge in [-0.1, -0.05) is 182 Å². The van der Waals surface area contributed by atoms with E-state index in [1.807, 2.05) is 0 Å². The van der Waals surface area contributed by atoms with Crippen molar-refractivity contribution in [3.63, 3.8) is 0 Å². The second-order valence-corrected chi connectivity index (χ2v) is 16.8. The van der Waals surface area contributed by atoms with Gasteiger partial charge in [0.25, 0.3) is 0 Å². The predicted octanol–water partition coefficient (Wildman–Crippen LogP) is 16.1. The Balaban J connectivity index is 1.13. The molecular formula is C61H40N2O. The molecule has 1 unspecified atom stereocenters. The minimum atomic E-state index is -0.688. The van der Waals surface area contributed by atoms with Crippen molar-refractivity contribution in [3.8, 4) is 50.6 Å². The first-order chi connectivity index (χ1) is 31.8. The smallest absolute Gasteiger partial charge is 0.132 e. The quantitative estimate of drug-likeness (QED) is 0.166. The molecule has 3 nitrogen and oxygen atoms in total. The van der Waals surface area contributed by atoms with Crippen LogP contribution in [-0.2, 0) is 5.41 Å². The van der Waals surface area contributed by atoms with Gasteiger partial charge in [-0.15, -0.1) is 0 Å². The van der Waals surface area contributed by atoms with Gasteiger partial charge in [0.1, 0.15) is 11.5 Å². The fourth-order valence-electron chi connectivity index (χ4n) is 10.9. The number of hydrogen-bond acceptors (Lipinski definition) is 2. The zero-order valence-corrected chi connectivity index (χ0v) is 34.9. The SMILES string of the molecule is c1ccc(-c2ccccc2N(c2ccc3c(c2)C2(c4ccccc4Oc4cccc(-c5ccccc5)c42)c2ccccc2-3)c2ccc3c4ccccc4n(-c4ccccc4)c3c2)cc1. The maximum atomic E-state index is 6.94. The number of rotatable bonds is 6. The molecule has 2 aliphatic rings. The van der Waals surface area contributed by atoms with E-state index in [1.54, 1.807) is 0 Å². The zero-order chi connectivity index (χ0) is 42.2. The standard InChI is InChI=1S/C61H40N2O/c1-4-19-41(20-5-1)46-25-11-15-31-55(46)62(45-36-38-51-50-27-12-16-32-56(50)63(57(51)40-45)43-23-8-3-9-24-43)44-35-37-49-48-26-10-13-29-52(48)61(54(49)39-44)53-30-14-17-33-58(53)64-59-34-18-28-47(60(59)61)42-21-6-2-7-22-42/h1-40H. The average Bonchev–Trinajstić information content (AvgIpc) is 3.85. The van der Waals surface area contributed by atoms with Gasteiger partial charge in [0.2, 0.25) is 0 Å². The Morgan fingerprint density at radius 3 is 1.73 bits per heavy atom. The van der Waals surface area contributed by atoms with E-state index in [9.17, 15) is 0 Å². The molecule has 1 aliphatic heterocycles. The van der Waals surface area contributed by atoms with Crippen molar-refractivity contribution in [2.24, 2.45) is 0 Å². The molecule has 0 fully saturated rings. The first kappa shape index (κ1) is 36.3. The fraction of sp³-hybridized carbons (Fsp3) is 0.0164. The van der Waals surface area contributed by atoms with Gasteiger partial charge < -0.3 is 14.2 Å². The highest BCUT2D eigenvalue weighted by molar-refractivity contribution is 6.10. The van der Waals surface area contributed by atoms with Crippen molar-refractivity contribution < 1.29 is 4.74 Å². The summed E-state index contributed by atoms with van der Waals surface area (Å²) in [5, 5.41) is 2.44. The van der Waals surface area contributed by atoms with Gasteiger partial charge in [-0.2, -0.15) is 0 Å². The van der Waals surface area contributed by atoms with Crippen LogP contribution in [0.25, 0.3) is 60.9 Å². The number of para-hydroxylation sites is 4. The summed E-state index contributed by atoms with van der Waals surface area (Å²) in [5.74, 6) is 1.75. The Bertz CT molecular complexity index is 3590. The van der Waals surface area contributed by atoms with Crippen LogP contribution in [0.15, 0.2) is 243 Å². The van der Waals surface area contributed by atoms with Crippen LogP contribution in [0, 0.1) is 0 Å². The summed E-state index contributed by atoms with van der Waals surface area (Å²) in [7, 11) is 0. The number of hydrogen-bond donors (Lipinski definition) is 0. The van der Waals surface area contributed by atoms with Crippen LogP contribution in [0.2, 0.25) is 0 Å². The van der Waals surface area contributed by atoms with E-state index >= 15 is 0 Å². The molecule has 10 aromatic carbocycles. The number of aromatic nitrogens is 1. The molecule has 3 heteroatoms. The Hall–Kier alpha value is -8.40. The summed E-state index contributed by atoms with van der Waals surface area (Å²) in [6.45, 7) is 0. The Labute approximate surface area is 372 Å². The molecular weight excluding hydrogens is 777 g/mol. The number of nitrogens with zero attached hydrogens (tertiary/aromatic N) is 2. The summed E-state index contributed by atoms with van der Waals surface area (Å²) >= 11 is 0. The molecule has 0 bridgehead atoms. The maximum Gasteiger partial charge on any atom is 0.132 e. The second kappa shape index (κ2) is 14.3. The highest BCUT2D eigenvalue weighted by atomic mass is 16.5. The molecule has 0 N–H and O–H groups in total. The Kier molecular flexibility index (Phi) is 8.13. The van der Waals surface area contributed by atoms with Crippen molar-refractivity contribution in [2.45, 2.75) is 5.41 Å². The van der Waals surface area contributed by atoms with Crippen molar-refractivity contribution in [2.75, 3.05) is 4.90 Å². The van der Waals surface area contributed by atoms with E-state index in [0.717, 1.165) is 73.1 Å². The molecule has 1 aliphatic carbocycles. The van der Waals surface area contributed by atoms with Crippen LogP contribution in [-0.4, -0.2) is 4.57 Å². The lowest BCUT2D eigenvalue weighted by atomic mass is 9.64. The largest absolute Gasteiger partial charge is 0.457 e. The molecule has 1 spiro atoms. The van der Waals surface area contributed by atoms with E-state index in [-0.39, 0.29) is 0 Å². The lowest BCUT2D eigenvalue weighted by Gasteiger charge is -2.41. The van der Waals surface area contributed by atoms with Crippen LogP contribution >= 0.6 is 0 Å². The zero-order valence-electron chi connectivity index (χ0n) is 34.9. The number of benzene rings is 10. The van der Waals surface area contributed by atoms with Crippen molar-refractivity contribution in [1.29, 1.82) is 0 Å². The lowest BCUT2D eigenvalue weighted by molar-refractivity contribution is 0.437. The first-order valence-corrected chi connectivity index (χ1v) is 22.0. The summed E-state index contributed by atoms with van der Waals surface area (Å²) < 4.78 is 9.35. The Morgan fingerprint density at radius 2 is 0.922 bits per heavy atom. The summed E-state index contributed by atoms with van der Waals surface area (Å²) in [4.78, 5) is 2.47. The van der Waals surface area contributed by atoms with Gasteiger partial charge in [0.15, 0.2) is 0 Å². The maximum absolute atomic E-state index is 6.94. The summed E-state index contributed by atoms with van der Waals surface area (Å²) in [6, 6.07) is 88.2. The molecule has 13 rings (SSSR count). The molecule has 0 saturated carbocycles. The topological polar surface area (TPSA) is 17.4 Å². The molecule has 1 atom stereocenters. The van der Waals surface area contributed by atoms with Crippen LogP contribution in [0.3, 0.4) is 0 Å². The van der Waals surface area contributed by atoms with E-state index in [2.05, 4.69) is 252 Å². The molecule has 0 radical (unpaired) electrons. The Morgan fingerprint density at radius 1 is 0.359 bits per heavy atom. The molecule has 11 aromatic rings. The van der Waals surface area contributed by atoms with Crippen molar-refractivity contribution >= 4 is 38.9 Å². The van der Waals surface area contributed by atoms with Gasteiger partial charge in [0, 0.05) is 44.5 Å². The van der Waals surface area contributed by atoms with Gasteiger partial charge in [-0.25, -0.2) is 0 Å². The summed E-state index contributed by atoms with van der Waals surface area (Å²) in [6.07, 6.45) is 0. The van der Waals surface area contributed by atoms with Crippen molar-refractivity contribution in [1.82, 2.24) is 4.57 Å². The van der Waals surface area contributed by atoms with E-state index in [4.69, 9.17) is 4.74 Å². The third kappa shape index (κ3) is 5.28. The fourth-order valence-corrected chi connectivity index (χ4v) is 10.9. The number of anilines is 3. The molecule has 1 aromatic heterocycles. The highest BCUT2D eigenvalue weighted by Crippen LogP contribution is 2.64. The van der Waals surface area contributed by atoms with E-state index in [1.165, 1.54) is 38.5 Å². The minimum Gasteiger partial charge on any atom is -0.457 e. The number of ether oxygens (including phenoxy) is 1. The van der Waals surface area contributed by atoms with Gasteiger partial charge >= 0.3 is 0 Å². The molecule has 2 heterocycles. The predicted molar refractivity (Wildman–Crippen MR) is 264 cm³/mol. The molecule has 0 saturated heterocycles. The molecule has 64 heavy (non-hydrogen) atoms. The average molecular weight is 817 g/mol. The third-order valence-electron chi connectivity index (χ3n) is 13.4. The summed E-state index contributed by atoms with van der Waals surface area (Å²) in [5.41, 5.74) is 17.9. The molecule has 0 amide bonds. The lowest BCUT2D eigenvalue weighted by Crippen LogP contribution is -2.33. The van der Waals surface area contributed by atoms with Gasteiger partial charge in [0.05, 0.1) is 22.1 Å². The number of fused-ring (bicyclic) bond motifs is 12. The van der Waals surface area contributed by atoms with Crippen LogP contribution < -0.4 is 9.64 Å².